The van der Waals surface area contributed by atoms with E-state index in [1.54, 1.807) is 19.2 Å². The zero-order valence-corrected chi connectivity index (χ0v) is 16.4. The van der Waals surface area contributed by atoms with Gasteiger partial charge in [-0.15, -0.1) is 0 Å². The standard InChI is InChI=1S/C21H22FN3OS/c1-13-8-14(2)19-16(9-13)10-17(20(26)24-19)12-25(21(27)23-3)11-15-4-6-18(22)7-5-15/h4-10H,11-12H2,1-3H3,(H,23,27)(H,24,26). The van der Waals surface area contributed by atoms with E-state index in [1.807, 2.05) is 24.8 Å². The van der Waals surface area contributed by atoms with Crippen LogP contribution in [-0.2, 0) is 13.1 Å². The van der Waals surface area contributed by atoms with Crippen LogP contribution in [0.5, 0.6) is 0 Å². The number of aromatic amines is 1. The maximum Gasteiger partial charge on any atom is 0.253 e. The van der Waals surface area contributed by atoms with Crippen molar-refractivity contribution in [2.45, 2.75) is 26.9 Å². The van der Waals surface area contributed by atoms with Crippen molar-refractivity contribution in [2.24, 2.45) is 0 Å². The van der Waals surface area contributed by atoms with Crippen LogP contribution in [0.15, 0.2) is 47.3 Å². The smallest absolute Gasteiger partial charge is 0.253 e. The first-order chi connectivity index (χ1) is 12.9. The summed E-state index contributed by atoms with van der Waals surface area (Å²) in [5, 5.41) is 4.49. The van der Waals surface area contributed by atoms with Gasteiger partial charge in [0.05, 0.1) is 12.1 Å². The Morgan fingerprint density at radius 1 is 1.15 bits per heavy atom. The molecule has 0 aliphatic rings. The monoisotopic (exact) mass is 383 g/mol. The minimum Gasteiger partial charge on any atom is -0.366 e. The van der Waals surface area contributed by atoms with Gasteiger partial charge in [-0.25, -0.2) is 4.39 Å². The molecule has 140 valence electrons. The minimum absolute atomic E-state index is 0.127. The highest BCUT2D eigenvalue weighted by Crippen LogP contribution is 2.19. The molecule has 2 aromatic carbocycles. The van der Waals surface area contributed by atoms with Gasteiger partial charge in [0.2, 0.25) is 0 Å². The van der Waals surface area contributed by atoms with Gasteiger partial charge in [-0.1, -0.05) is 23.8 Å². The molecule has 0 spiro atoms. The summed E-state index contributed by atoms with van der Waals surface area (Å²) >= 11 is 5.41. The zero-order chi connectivity index (χ0) is 19.6. The second-order valence-corrected chi connectivity index (χ2v) is 7.09. The molecule has 0 aliphatic heterocycles. The summed E-state index contributed by atoms with van der Waals surface area (Å²) < 4.78 is 13.2. The van der Waals surface area contributed by atoms with Gasteiger partial charge in [0.15, 0.2) is 5.11 Å². The van der Waals surface area contributed by atoms with Crippen molar-refractivity contribution in [3.8, 4) is 0 Å². The molecular formula is C21H22FN3OS. The number of nitrogens with one attached hydrogen (secondary N) is 2. The van der Waals surface area contributed by atoms with Crippen LogP contribution >= 0.6 is 12.2 Å². The molecule has 0 amide bonds. The molecule has 3 aromatic rings. The van der Waals surface area contributed by atoms with Crippen molar-refractivity contribution in [1.29, 1.82) is 0 Å². The van der Waals surface area contributed by atoms with E-state index in [4.69, 9.17) is 12.2 Å². The predicted octanol–water partition coefficient (Wildman–Crippen LogP) is 3.79. The van der Waals surface area contributed by atoms with Crippen LogP contribution in [0.1, 0.15) is 22.3 Å². The van der Waals surface area contributed by atoms with Gasteiger partial charge in [-0.05, 0) is 66.8 Å². The molecule has 0 atom stereocenters. The van der Waals surface area contributed by atoms with E-state index in [0.717, 1.165) is 27.6 Å². The molecule has 4 nitrogen and oxygen atoms in total. The third kappa shape index (κ3) is 4.34. The van der Waals surface area contributed by atoms with E-state index in [1.165, 1.54) is 12.1 Å². The van der Waals surface area contributed by atoms with Gasteiger partial charge < -0.3 is 15.2 Å². The average molecular weight is 383 g/mol. The Morgan fingerprint density at radius 2 is 1.85 bits per heavy atom. The first-order valence-corrected chi connectivity index (χ1v) is 9.12. The molecule has 0 unspecified atom stereocenters. The Morgan fingerprint density at radius 3 is 2.52 bits per heavy atom. The van der Waals surface area contributed by atoms with Crippen molar-refractivity contribution in [3.05, 3.63) is 80.9 Å². The molecule has 0 saturated carbocycles. The van der Waals surface area contributed by atoms with Crippen molar-refractivity contribution in [1.82, 2.24) is 15.2 Å². The van der Waals surface area contributed by atoms with Gasteiger partial charge in [0.25, 0.3) is 5.56 Å². The highest BCUT2D eigenvalue weighted by atomic mass is 32.1. The molecule has 1 heterocycles. The van der Waals surface area contributed by atoms with E-state index < -0.39 is 0 Å². The Hall–Kier alpha value is -2.73. The Kier molecular flexibility index (Phi) is 5.56. The number of rotatable bonds is 4. The van der Waals surface area contributed by atoms with E-state index in [2.05, 4.69) is 22.4 Å². The van der Waals surface area contributed by atoms with Gasteiger partial charge >= 0.3 is 0 Å². The number of H-pyrrole nitrogens is 1. The van der Waals surface area contributed by atoms with Crippen molar-refractivity contribution in [2.75, 3.05) is 7.05 Å². The van der Waals surface area contributed by atoms with Crippen LogP contribution in [0.4, 0.5) is 4.39 Å². The van der Waals surface area contributed by atoms with Crippen LogP contribution in [0.2, 0.25) is 0 Å². The second kappa shape index (κ2) is 7.88. The summed E-state index contributed by atoms with van der Waals surface area (Å²) in [4.78, 5) is 17.5. The maximum atomic E-state index is 13.2. The fraction of sp³-hybridized carbons (Fsp3) is 0.238. The highest BCUT2D eigenvalue weighted by molar-refractivity contribution is 7.80. The maximum absolute atomic E-state index is 13.2. The van der Waals surface area contributed by atoms with Crippen molar-refractivity contribution in [3.63, 3.8) is 0 Å². The Bertz CT molecular complexity index is 1040. The lowest BCUT2D eigenvalue weighted by atomic mass is 10.1. The van der Waals surface area contributed by atoms with Gasteiger partial charge in [-0.2, -0.15) is 0 Å². The number of halogens is 1. The van der Waals surface area contributed by atoms with E-state index >= 15 is 0 Å². The molecule has 3 rings (SSSR count). The number of nitrogens with zero attached hydrogens (tertiary/aromatic N) is 1. The van der Waals surface area contributed by atoms with Gasteiger partial charge in [0, 0.05) is 19.2 Å². The lowest BCUT2D eigenvalue weighted by molar-refractivity contribution is 0.400. The summed E-state index contributed by atoms with van der Waals surface area (Å²) in [5.41, 5.74) is 4.47. The fourth-order valence-corrected chi connectivity index (χ4v) is 3.35. The molecule has 1 aromatic heterocycles. The molecule has 0 radical (unpaired) electrons. The normalized spacial score (nSPS) is 10.8. The molecule has 2 N–H and O–H groups in total. The molecule has 27 heavy (non-hydrogen) atoms. The quantitative estimate of drug-likeness (QED) is 0.673. The molecule has 6 heteroatoms. The number of aromatic nitrogens is 1. The Balaban J connectivity index is 1.95. The molecule has 0 saturated heterocycles. The van der Waals surface area contributed by atoms with Crippen LogP contribution in [-0.4, -0.2) is 22.0 Å². The first kappa shape index (κ1) is 19.0. The largest absolute Gasteiger partial charge is 0.366 e. The first-order valence-electron chi connectivity index (χ1n) is 8.71. The summed E-state index contributed by atoms with van der Waals surface area (Å²) in [7, 11) is 1.75. The average Bonchev–Trinajstić information content (AvgIpc) is 2.63. The minimum atomic E-state index is -0.279. The number of benzene rings is 2. The third-order valence-electron chi connectivity index (χ3n) is 4.52. The summed E-state index contributed by atoms with van der Waals surface area (Å²) in [5.74, 6) is -0.279. The highest BCUT2D eigenvalue weighted by Gasteiger charge is 2.14. The topological polar surface area (TPSA) is 48.1 Å². The summed E-state index contributed by atoms with van der Waals surface area (Å²) in [6, 6.07) is 12.3. The third-order valence-corrected chi connectivity index (χ3v) is 4.98. The number of pyridine rings is 1. The van der Waals surface area contributed by atoms with E-state index in [-0.39, 0.29) is 11.4 Å². The number of hydrogen-bond donors (Lipinski definition) is 2. The van der Waals surface area contributed by atoms with Crippen LogP contribution in [0, 0.1) is 19.7 Å². The van der Waals surface area contributed by atoms with Crippen LogP contribution < -0.4 is 10.9 Å². The van der Waals surface area contributed by atoms with Crippen LogP contribution in [0.3, 0.4) is 0 Å². The second-order valence-electron chi connectivity index (χ2n) is 6.71. The molecule has 0 bridgehead atoms. The summed E-state index contributed by atoms with van der Waals surface area (Å²) in [6.07, 6.45) is 0. The lowest BCUT2D eigenvalue weighted by Gasteiger charge is -2.25. The number of thiocarbonyl (C=S) groups is 1. The molecular weight excluding hydrogens is 361 g/mol. The van der Waals surface area contributed by atoms with Crippen molar-refractivity contribution >= 4 is 28.2 Å². The summed E-state index contributed by atoms with van der Waals surface area (Å²) in [6.45, 7) is 4.86. The fourth-order valence-electron chi connectivity index (χ4n) is 3.22. The van der Waals surface area contributed by atoms with Crippen LogP contribution in [0.25, 0.3) is 10.9 Å². The van der Waals surface area contributed by atoms with Crippen molar-refractivity contribution < 1.29 is 4.39 Å². The molecule has 0 aliphatic carbocycles. The lowest BCUT2D eigenvalue weighted by Crippen LogP contribution is -2.38. The predicted molar refractivity (Wildman–Crippen MR) is 111 cm³/mol. The number of aryl methyl sites for hydroxylation is 2. The van der Waals surface area contributed by atoms with Gasteiger partial charge in [0.1, 0.15) is 5.82 Å². The molecule has 0 fully saturated rings. The number of fused-ring (bicyclic) bond motifs is 1. The van der Waals surface area contributed by atoms with E-state index in [9.17, 15) is 9.18 Å². The Labute approximate surface area is 163 Å². The van der Waals surface area contributed by atoms with E-state index in [0.29, 0.717) is 23.8 Å². The SMILES string of the molecule is CNC(=S)N(Cc1ccc(F)cc1)Cc1cc2cc(C)cc(C)c2[nH]c1=O. The van der Waals surface area contributed by atoms with Gasteiger partial charge in [-0.3, -0.25) is 4.79 Å². The number of hydrogen-bond acceptors (Lipinski definition) is 2. The zero-order valence-electron chi connectivity index (χ0n) is 15.6.